The van der Waals surface area contributed by atoms with Gasteiger partial charge in [0.25, 0.3) is 11.8 Å². The first kappa shape index (κ1) is 21.7. The zero-order valence-electron chi connectivity index (χ0n) is 16.0. The van der Waals surface area contributed by atoms with E-state index >= 15 is 0 Å². The van der Waals surface area contributed by atoms with Crippen LogP contribution in [0.15, 0.2) is 72.8 Å². The fourth-order valence-corrected chi connectivity index (χ4v) is 3.17. The molecule has 0 aliphatic rings. The summed E-state index contributed by atoms with van der Waals surface area (Å²) in [4.78, 5) is 24.1. The summed E-state index contributed by atoms with van der Waals surface area (Å²) in [6.45, 7) is 0.396. The Bertz CT molecular complexity index is 1010. The van der Waals surface area contributed by atoms with Crippen LogP contribution >= 0.6 is 23.2 Å². The average Bonchev–Trinajstić information content (AvgIpc) is 2.76. The molecule has 0 saturated carbocycles. The largest absolute Gasteiger partial charge is 0.482 e. The number of carbonyl (C=O) groups is 2. The van der Waals surface area contributed by atoms with Gasteiger partial charge in [-0.05, 0) is 41.5 Å². The molecule has 5 nitrogen and oxygen atoms in total. The zero-order chi connectivity index (χ0) is 21.3. The van der Waals surface area contributed by atoms with E-state index in [1.54, 1.807) is 24.3 Å². The Morgan fingerprint density at radius 2 is 1.47 bits per heavy atom. The van der Waals surface area contributed by atoms with Crippen LogP contribution in [0.2, 0.25) is 10.0 Å². The highest BCUT2D eigenvalue weighted by molar-refractivity contribution is 6.35. The van der Waals surface area contributed by atoms with Crippen LogP contribution in [-0.2, 0) is 4.79 Å². The van der Waals surface area contributed by atoms with Crippen molar-refractivity contribution in [2.24, 2.45) is 0 Å². The van der Waals surface area contributed by atoms with Gasteiger partial charge in [0.1, 0.15) is 5.75 Å². The van der Waals surface area contributed by atoms with E-state index in [0.717, 1.165) is 11.1 Å². The second-order valence-electron chi connectivity index (χ2n) is 6.41. The Balaban J connectivity index is 1.38. The molecule has 2 amide bonds. The van der Waals surface area contributed by atoms with E-state index in [0.29, 0.717) is 27.9 Å². The predicted molar refractivity (Wildman–Crippen MR) is 119 cm³/mol. The van der Waals surface area contributed by atoms with Gasteiger partial charge in [-0.25, -0.2) is 0 Å². The number of nitrogens with one attached hydrogen (secondary N) is 2. The van der Waals surface area contributed by atoms with E-state index < -0.39 is 0 Å². The molecule has 0 radical (unpaired) electrons. The predicted octanol–water partition coefficient (Wildman–Crippen LogP) is 4.59. The van der Waals surface area contributed by atoms with Gasteiger partial charge in [0, 0.05) is 23.7 Å². The van der Waals surface area contributed by atoms with Crippen molar-refractivity contribution < 1.29 is 14.3 Å². The summed E-state index contributed by atoms with van der Waals surface area (Å²) < 4.78 is 5.36. The SMILES string of the molecule is O=C(COc1ccc(Cl)cc1Cl)NCCNC(=O)c1ccc(-c2ccccc2)cc1. The van der Waals surface area contributed by atoms with E-state index in [1.165, 1.54) is 6.07 Å². The third-order valence-electron chi connectivity index (χ3n) is 4.24. The third kappa shape index (κ3) is 6.24. The quantitative estimate of drug-likeness (QED) is 0.501. The topological polar surface area (TPSA) is 67.4 Å². The lowest BCUT2D eigenvalue weighted by Crippen LogP contribution is -2.36. The number of amides is 2. The third-order valence-corrected chi connectivity index (χ3v) is 4.77. The van der Waals surface area contributed by atoms with Gasteiger partial charge in [-0.15, -0.1) is 0 Å². The second kappa shape index (κ2) is 10.7. The molecule has 0 heterocycles. The molecule has 0 fully saturated rings. The minimum atomic E-state index is -0.317. The molecule has 0 atom stereocenters. The highest BCUT2D eigenvalue weighted by atomic mass is 35.5. The summed E-state index contributed by atoms with van der Waals surface area (Å²) in [6, 6.07) is 22.1. The molecule has 3 aromatic rings. The molecule has 7 heteroatoms. The van der Waals surface area contributed by atoms with E-state index in [9.17, 15) is 9.59 Å². The molecule has 2 N–H and O–H groups in total. The van der Waals surface area contributed by atoms with Crippen LogP contribution in [0.1, 0.15) is 10.4 Å². The second-order valence-corrected chi connectivity index (χ2v) is 7.26. The summed E-state index contributed by atoms with van der Waals surface area (Å²) in [5.41, 5.74) is 2.69. The number of carbonyl (C=O) groups excluding carboxylic acids is 2. The van der Waals surface area contributed by atoms with E-state index in [2.05, 4.69) is 10.6 Å². The van der Waals surface area contributed by atoms with Gasteiger partial charge in [-0.2, -0.15) is 0 Å². The maximum Gasteiger partial charge on any atom is 0.258 e. The van der Waals surface area contributed by atoms with Crippen LogP contribution in [-0.4, -0.2) is 31.5 Å². The van der Waals surface area contributed by atoms with Crippen molar-refractivity contribution in [1.29, 1.82) is 0 Å². The lowest BCUT2D eigenvalue weighted by molar-refractivity contribution is -0.123. The molecule has 30 heavy (non-hydrogen) atoms. The first-order valence-corrected chi connectivity index (χ1v) is 10.1. The monoisotopic (exact) mass is 442 g/mol. The normalized spacial score (nSPS) is 10.3. The standard InChI is InChI=1S/C23H20Cl2N2O3/c24-19-10-11-21(20(25)14-19)30-15-22(28)26-12-13-27-23(29)18-8-6-17(7-9-18)16-4-2-1-3-5-16/h1-11,14H,12-13,15H2,(H,26,28)(H,27,29). The van der Waals surface area contributed by atoms with E-state index in [-0.39, 0.29) is 25.0 Å². The highest BCUT2D eigenvalue weighted by Crippen LogP contribution is 2.27. The van der Waals surface area contributed by atoms with Gasteiger partial charge in [0.05, 0.1) is 5.02 Å². The van der Waals surface area contributed by atoms with E-state index in [1.807, 2.05) is 42.5 Å². The molecule has 0 saturated heterocycles. The number of hydrogen-bond donors (Lipinski definition) is 2. The number of hydrogen-bond acceptors (Lipinski definition) is 3. The van der Waals surface area contributed by atoms with Crippen molar-refractivity contribution in [3.05, 3.63) is 88.4 Å². The van der Waals surface area contributed by atoms with Crippen LogP contribution in [0.5, 0.6) is 5.75 Å². The van der Waals surface area contributed by atoms with Crippen molar-refractivity contribution in [2.45, 2.75) is 0 Å². The van der Waals surface area contributed by atoms with Crippen LogP contribution in [0.25, 0.3) is 11.1 Å². The zero-order valence-corrected chi connectivity index (χ0v) is 17.5. The van der Waals surface area contributed by atoms with Gasteiger partial charge in [-0.3, -0.25) is 9.59 Å². The average molecular weight is 443 g/mol. The molecule has 3 aromatic carbocycles. The van der Waals surface area contributed by atoms with Crippen molar-refractivity contribution in [3.8, 4) is 16.9 Å². The Morgan fingerprint density at radius 1 is 0.800 bits per heavy atom. The van der Waals surface area contributed by atoms with Crippen LogP contribution in [0, 0.1) is 0 Å². The molecule has 0 aromatic heterocycles. The fourth-order valence-electron chi connectivity index (χ4n) is 2.71. The van der Waals surface area contributed by atoms with Gasteiger partial charge < -0.3 is 15.4 Å². The van der Waals surface area contributed by atoms with Gasteiger partial charge in [0.15, 0.2) is 6.61 Å². The highest BCUT2D eigenvalue weighted by Gasteiger charge is 2.08. The Kier molecular flexibility index (Phi) is 7.71. The maximum absolute atomic E-state index is 12.2. The molecule has 0 aliphatic heterocycles. The summed E-state index contributed by atoms with van der Waals surface area (Å²) in [5, 5.41) is 6.27. The van der Waals surface area contributed by atoms with Crippen molar-refractivity contribution in [2.75, 3.05) is 19.7 Å². The first-order chi connectivity index (χ1) is 14.5. The van der Waals surface area contributed by atoms with Gasteiger partial charge in [-0.1, -0.05) is 65.7 Å². The van der Waals surface area contributed by atoms with Crippen molar-refractivity contribution in [1.82, 2.24) is 10.6 Å². The number of rotatable bonds is 8. The molecule has 0 spiro atoms. The van der Waals surface area contributed by atoms with Gasteiger partial charge >= 0.3 is 0 Å². The summed E-state index contributed by atoms with van der Waals surface area (Å²) in [6.07, 6.45) is 0. The number of benzene rings is 3. The molecular formula is C23H20Cl2N2O3. The molecule has 0 bridgehead atoms. The van der Waals surface area contributed by atoms with Gasteiger partial charge in [0.2, 0.25) is 0 Å². The molecule has 154 valence electrons. The minimum Gasteiger partial charge on any atom is -0.482 e. The van der Waals surface area contributed by atoms with Crippen molar-refractivity contribution in [3.63, 3.8) is 0 Å². The molecular weight excluding hydrogens is 423 g/mol. The number of ether oxygens (including phenoxy) is 1. The Hall–Kier alpha value is -3.02. The Labute approximate surface area is 185 Å². The molecule has 0 aliphatic carbocycles. The molecule has 0 unspecified atom stereocenters. The lowest BCUT2D eigenvalue weighted by atomic mass is 10.0. The summed E-state index contributed by atoms with van der Waals surface area (Å²) in [5.74, 6) is -0.140. The minimum absolute atomic E-state index is 0.184. The smallest absolute Gasteiger partial charge is 0.258 e. The lowest BCUT2D eigenvalue weighted by Gasteiger charge is -2.10. The Morgan fingerprint density at radius 3 is 2.17 bits per heavy atom. The number of halogens is 2. The first-order valence-electron chi connectivity index (χ1n) is 9.31. The summed E-state index contributed by atoms with van der Waals surface area (Å²) in [7, 11) is 0. The van der Waals surface area contributed by atoms with Crippen LogP contribution < -0.4 is 15.4 Å². The van der Waals surface area contributed by atoms with Crippen molar-refractivity contribution >= 4 is 35.0 Å². The molecule has 3 rings (SSSR count). The van der Waals surface area contributed by atoms with Crippen LogP contribution in [0.3, 0.4) is 0 Å². The van der Waals surface area contributed by atoms with Crippen LogP contribution in [0.4, 0.5) is 0 Å². The fraction of sp³-hybridized carbons (Fsp3) is 0.130. The maximum atomic E-state index is 12.2. The van der Waals surface area contributed by atoms with E-state index in [4.69, 9.17) is 27.9 Å². The summed E-state index contributed by atoms with van der Waals surface area (Å²) >= 11 is 11.8.